The van der Waals surface area contributed by atoms with E-state index in [4.69, 9.17) is 0 Å². The second kappa shape index (κ2) is 7.18. The van der Waals surface area contributed by atoms with Crippen molar-refractivity contribution >= 4 is 5.91 Å². The number of aryl methyl sites for hydroxylation is 1. The van der Waals surface area contributed by atoms with Gasteiger partial charge in [0.1, 0.15) is 0 Å². The molecule has 1 heterocycles. The Bertz CT molecular complexity index is 928. The highest BCUT2D eigenvalue weighted by molar-refractivity contribution is 5.94. The van der Waals surface area contributed by atoms with Gasteiger partial charge in [-0.15, -0.1) is 0 Å². The second-order valence-corrected chi connectivity index (χ2v) is 6.05. The van der Waals surface area contributed by atoms with Crippen molar-refractivity contribution in [2.24, 2.45) is 7.05 Å². The van der Waals surface area contributed by atoms with Gasteiger partial charge in [0, 0.05) is 24.9 Å². The number of nitrogens with one attached hydrogen (secondary N) is 1. The van der Waals surface area contributed by atoms with Crippen LogP contribution in [0.3, 0.4) is 0 Å². The van der Waals surface area contributed by atoms with E-state index >= 15 is 0 Å². The summed E-state index contributed by atoms with van der Waals surface area (Å²) in [6.45, 7) is 1.93. The van der Waals surface area contributed by atoms with Gasteiger partial charge in [-0.1, -0.05) is 54.6 Å². The van der Waals surface area contributed by atoms with Crippen molar-refractivity contribution in [2.75, 3.05) is 0 Å². The molecule has 3 rings (SSSR count). The number of carbonyl (C=O) groups is 1. The van der Waals surface area contributed by atoms with E-state index in [1.165, 1.54) is 10.6 Å². The lowest BCUT2D eigenvalue weighted by atomic mass is 10.0. The molecule has 2 aromatic carbocycles. The molecule has 1 amide bonds. The highest BCUT2D eigenvalue weighted by Crippen LogP contribution is 2.21. The van der Waals surface area contributed by atoms with Crippen molar-refractivity contribution in [3.8, 4) is 11.1 Å². The fraction of sp³-hybridized carbons (Fsp3) is 0.143. The van der Waals surface area contributed by atoms with Crippen LogP contribution in [0.1, 0.15) is 28.9 Å². The largest absolute Gasteiger partial charge is 0.346 e. The van der Waals surface area contributed by atoms with Crippen molar-refractivity contribution in [1.29, 1.82) is 0 Å². The quantitative estimate of drug-likeness (QED) is 0.794. The molecule has 4 nitrogen and oxygen atoms in total. The molecule has 0 aliphatic rings. The molecule has 1 N–H and O–H groups in total. The van der Waals surface area contributed by atoms with E-state index in [1.54, 1.807) is 19.3 Å². The number of aromatic nitrogens is 1. The van der Waals surface area contributed by atoms with E-state index in [1.807, 2.05) is 49.4 Å². The smallest absolute Gasteiger partial charge is 0.252 e. The maximum atomic E-state index is 12.3. The summed E-state index contributed by atoms with van der Waals surface area (Å²) in [5, 5.41) is 2.93. The molecule has 4 heteroatoms. The Morgan fingerprint density at radius 1 is 0.960 bits per heavy atom. The zero-order valence-electron chi connectivity index (χ0n) is 14.3. The summed E-state index contributed by atoms with van der Waals surface area (Å²) in [4.78, 5) is 24.0. The van der Waals surface area contributed by atoms with Crippen LogP contribution in [-0.2, 0) is 7.05 Å². The van der Waals surface area contributed by atoms with Crippen LogP contribution in [0.4, 0.5) is 0 Å². The van der Waals surface area contributed by atoms with Crippen LogP contribution in [0.5, 0.6) is 0 Å². The minimum absolute atomic E-state index is 0.151. The standard InChI is InChI=1S/C21H20N2O2/c1-15(22-21(25)19-12-13-23(2)20(24)14-19)16-8-10-18(11-9-16)17-6-4-3-5-7-17/h3-15H,1-2H3,(H,22,25)/t15-/m1/s1. The molecule has 0 radical (unpaired) electrons. The monoisotopic (exact) mass is 332 g/mol. The zero-order chi connectivity index (χ0) is 17.8. The molecule has 0 unspecified atom stereocenters. The molecule has 0 aliphatic heterocycles. The molecule has 0 aliphatic carbocycles. The number of benzene rings is 2. The van der Waals surface area contributed by atoms with Crippen molar-refractivity contribution in [3.05, 3.63) is 94.4 Å². The number of pyridine rings is 1. The predicted octanol–water partition coefficient (Wildman–Crippen LogP) is 3.54. The van der Waals surface area contributed by atoms with Crippen molar-refractivity contribution < 1.29 is 4.79 Å². The SMILES string of the molecule is C[C@@H](NC(=O)c1ccn(C)c(=O)c1)c1ccc(-c2ccccc2)cc1. The van der Waals surface area contributed by atoms with Crippen LogP contribution in [0.15, 0.2) is 77.7 Å². The van der Waals surface area contributed by atoms with Gasteiger partial charge in [0.05, 0.1) is 6.04 Å². The molecule has 0 fully saturated rings. The third-order valence-electron chi connectivity index (χ3n) is 4.23. The number of hydrogen-bond acceptors (Lipinski definition) is 2. The van der Waals surface area contributed by atoms with E-state index in [0.29, 0.717) is 5.56 Å². The Morgan fingerprint density at radius 3 is 2.24 bits per heavy atom. The first-order valence-corrected chi connectivity index (χ1v) is 8.17. The zero-order valence-corrected chi connectivity index (χ0v) is 14.3. The van der Waals surface area contributed by atoms with Gasteiger partial charge in [0.2, 0.25) is 0 Å². The maximum absolute atomic E-state index is 12.3. The van der Waals surface area contributed by atoms with Crippen LogP contribution >= 0.6 is 0 Å². The maximum Gasteiger partial charge on any atom is 0.252 e. The van der Waals surface area contributed by atoms with Gasteiger partial charge < -0.3 is 9.88 Å². The first-order chi connectivity index (χ1) is 12.0. The first-order valence-electron chi connectivity index (χ1n) is 8.17. The average Bonchev–Trinajstić information content (AvgIpc) is 2.64. The lowest BCUT2D eigenvalue weighted by Crippen LogP contribution is -2.28. The average molecular weight is 332 g/mol. The molecule has 0 spiro atoms. The van der Waals surface area contributed by atoms with Gasteiger partial charge in [-0.25, -0.2) is 0 Å². The summed E-state index contributed by atoms with van der Waals surface area (Å²) in [6.07, 6.45) is 1.59. The van der Waals surface area contributed by atoms with Crippen LogP contribution in [0, 0.1) is 0 Å². The Balaban J connectivity index is 1.72. The number of amides is 1. The predicted molar refractivity (Wildman–Crippen MR) is 99.4 cm³/mol. The van der Waals surface area contributed by atoms with Crippen LogP contribution in [0.2, 0.25) is 0 Å². The molecule has 0 saturated heterocycles. The molecular weight excluding hydrogens is 312 g/mol. The van der Waals surface area contributed by atoms with Gasteiger partial charge in [-0.05, 0) is 29.7 Å². The lowest BCUT2D eigenvalue weighted by molar-refractivity contribution is 0.0939. The van der Waals surface area contributed by atoms with E-state index < -0.39 is 0 Å². The summed E-state index contributed by atoms with van der Waals surface area (Å²) in [7, 11) is 1.65. The topological polar surface area (TPSA) is 51.1 Å². The summed E-state index contributed by atoms with van der Waals surface area (Å²) in [5.74, 6) is -0.252. The molecule has 3 aromatic rings. The normalized spacial score (nSPS) is 11.8. The van der Waals surface area contributed by atoms with Gasteiger partial charge in [0.15, 0.2) is 0 Å². The number of carbonyl (C=O) groups excluding carboxylic acids is 1. The van der Waals surface area contributed by atoms with Gasteiger partial charge in [0.25, 0.3) is 11.5 Å². The second-order valence-electron chi connectivity index (χ2n) is 6.05. The van der Waals surface area contributed by atoms with E-state index in [9.17, 15) is 9.59 Å². The summed E-state index contributed by atoms with van der Waals surface area (Å²) < 4.78 is 1.43. The Morgan fingerprint density at radius 2 is 1.60 bits per heavy atom. The van der Waals surface area contributed by atoms with Crippen molar-refractivity contribution in [1.82, 2.24) is 9.88 Å². The Kier molecular flexibility index (Phi) is 4.80. The number of hydrogen-bond donors (Lipinski definition) is 1. The molecule has 0 saturated carbocycles. The molecule has 25 heavy (non-hydrogen) atoms. The van der Waals surface area contributed by atoms with Crippen molar-refractivity contribution in [2.45, 2.75) is 13.0 Å². The van der Waals surface area contributed by atoms with Crippen LogP contribution in [0.25, 0.3) is 11.1 Å². The summed E-state index contributed by atoms with van der Waals surface area (Å²) in [5.41, 5.74) is 3.47. The molecule has 1 aromatic heterocycles. The third kappa shape index (κ3) is 3.86. The van der Waals surface area contributed by atoms with E-state index in [-0.39, 0.29) is 17.5 Å². The van der Waals surface area contributed by atoms with Crippen molar-refractivity contribution in [3.63, 3.8) is 0 Å². The highest BCUT2D eigenvalue weighted by atomic mass is 16.2. The Labute approximate surface area is 146 Å². The molecular formula is C21H20N2O2. The Hall–Kier alpha value is -3.14. The van der Waals surface area contributed by atoms with Crippen LogP contribution < -0.4 is 10.9 Å². The minimum Gasteiger partial charge on any atom is -0.346 e. The molecule has 1 atom stereocenters. The van der Waals surface area contributed by atoms with Crippen LogP contribution in [-0.4, -0.2) is 10.5 Å². The number of nitrogens with zero attached hydrogens (tertiary/aromatic N) is 1. The fourth-order valence-corrected chi connectivity index (χ4v) is 2.65. The molecule has 0 bridgehead atoms. The van der Waals surface area contributed by atoms with Gasteiger partial charge in [-0.3, -0.25) is 9.59 Å². The van der Waals surface area contributed by atoms with E-state index in [0.717, 1.165) is 16.7 Å². The fourth-order valence-electron chi connectivity index (χ4n) is 2.65. The lowest BCUT2D eigenvalue weighted by Gasteiger charge is -2.15. The highest BCUT2D eigenvalue weighted by Gasteiger charge is 2.12. The van der Waals surface area contributed by atoms with Gasteiger partial charge >= 0.3 is 0 Å². The summed E-state index contributed by atoms with van der Waals surface area (Å²) >= 11 is 0. The molecule has 126 valence electrons. The minimum atomic E-state index is -0.252. The van der Waals surface area contributed by atoms with E-state index in [2.05, 4.69) is 17.4 Å². The number of rotatable bonds is 4. The first kappa shape index (κ1) is 16.7. The summed E-state index contributed by atoms with van der Waals surface area (Å²) in [6, 6.07) is 21.1. The third-order valence-corrected chi connectivity index (χ3v) is 4.23. The van der Waals surface area contributed by atoms with Gasteiger partial charge in [-0.2, -0.15) is 0 Å².